The van der Waals surface area contributed by atoms with Crippen LogP contribution in [0.5, 0.6) is 0 Å². The maximum Gasteiger partial charge on any atom is 0.313 e. The van der Waals surface area contributed by atoms with Gasteiger partial charge >= 0.3 is 11.8 Å². The number of aliphatic hydroxyl groups is 1. The minimum atomic E-state index is -0.822. The summed E-state index contributed by atoms with van der Waals surface area (Å²) in [5, 5.41) is 22.8. The molecule has 0 bridgehead atoms. The number of rotatable bonds is 11. The number of likely N-dealkylation sites (tertiary alicyclic amines) is 1. The van der Waals surface area contributed by atoms with E-state index in [0.717, 1.165) is 95.6 Å². The number of aryl methyl sites for hydroxylation is 1. The molecule has 2 heterocycles. The van der Waals surface area contributed by atoms with Crippen molar-refractivity contribution in [1.82, 2.24) is 25.2 Å². The summed E-state index contributed by atoms with van der Waals surface area (Å²) in [4.78, 5) is 27.3. The lowest BCUT2D eigenvalue weighted by atomic mass is 9.68. The molecule has 1 aromatic heterocycles. The lowest BCUT2D eigenvalue weighted by molar-refractivity contribution is -0.137. The minimum Gasteiger partial charge on any atom is -0.396 e. The van der Waals surface area contributed by atoms with Crippen molar-refractivity contribution in [1.29, 1.82) is 0 Å². The molecule has 1 atom stereocenters. The number of hydrogen-bond donors (Lipinski definition) is 3. The lowest BCUT2D eigenvalue weighted by Crippen LogP contribution is -2.61. The van der Waals surface area contributed by atoms with E-state index in [2.05, 4.69) is 25.8 Å². The molecule has 4 rings (SSSR count). The van der Waals surface area contributed by atoms with Crippen LogP contribution in [0.1, 0.15) is 69.9 Å². The minimum absolute atomic E-state index is 0.00245. The van der Waals surface area contributed by atoms with Gasteiger partial charge in [0, 0.05) is 49.7 Å². The summed E-state index contributed by atoms with van der Waals surface area (Å²) in [7, 11) is 0. The van der Waals surface area contributed by atoms with Crippen molar-refractivity contribution in [3.8, 4) is 0 Å². The average Bonchev–Trinajstić information content (AvgIpc) is 3.30. The molecule has 1 aromatic carbocycles. The number of piperidine rings is 1. The first-order valence-electron chi connectivity index (χ1n) is 13.2. The molecule has 9 nitrogen and oxygen atoms in total. The van der Waals surface area contributed by atoms with Crippen molar-refractivity contribution in [3.05, 3.63) is 40.9 Å². The Bertz CT molecular complexity index is 1080. The van der Waals surface area contributed by atoms with Crippen LogP contribution in [0, 0.1) is 5.82 Å². The summed E-state index contributed by atoms with van der Waals surface area (Å²) in [6, 6.07) is 3.77. The summed E-state index contributed by atoms with van der Waals surface area (Å²) in [5.41, 5.74) is 1.13. The summed E-state index contributed by atoms with van der Waals surface area (Å²) in [6.07, 6.45) is 12.0. The molecule has 1 aliphatic heterocycles. The van der Waals surface area contributed by atoms with Crippen molar-refractivity contribution in [2.75, 3.05) is 18.5 Å². The maximum atomic E-state index is 13.6. The average molecular weight is 535 g/mol. The fourth-order valence-electron chi connectivity index (χ4n) is 5.36. The van der Waals surface area contributed by atoms with Crippen LogP contribution in [0.25, 0.3) is 0 Å². The number of aliphatic hydroxyl groups excluding tert-OH is 1. The Hall–Kier alpha value is -2.56. The zero-order valence-electron chi connectivity index (χ0n) is 21.1. The lowest BCUT2D eigenvalue weighted by Gasteiger charge is -2.55. The van der Waals surface area contributed by atoms with Gasteiger partial charge in [-0.3, -0.25) is 19.2 Å². The first-order valence-corrected chi connectivity index (χ1v) is 13.6. The highest BCUT2D eigenvalue weighted by molar-refractivity contribution is 6.39. The maximum absolute atomic E-state index is 13.6. The van der Waals surface area contributed by atoms with Crippen molar-refractivity contribution in [2.45, 2.75) is 88.9 Å². The van der Waals surface area contributed by atoms with Gasteiger partial charge in [0.15, 0.2) is 0 Å². The van der Waals surface area contributed by atoms with Crippen LogP contribution in [0.4, 0.5) is 10.1 Å². The van der Waals surface area contributed by atoms with Crippen molar-refractivity contribution >= 4 is 29.1 Å². The van der Waals surface area contributed by atoms with E-state index >= 15 is 0 Å². The van der Waals surface area contributed by atoms with Gasteiger partial charge in [0.2, 0.25) is 0 Å². The third kappa shape index (κ3) is 7.27. The highest BCUT2D eigenvalue weighted by Gasteiger charge is 2.47. The number of benzene rings is 1. The molecular formula is C26H36ClFN6O3. The van der Waals surface area contributed by atoms with Gasteiger partial charge in [-0.25, -0.2) is 4.39 Å². The second kappa shape index (κ2) is 12.8. The molecule has 37 heavy (non-hydrogen) atoms. The van der Waals surface area contributed by atoms with E-state index in [1.165, 1.54) is 12.1 Å². The van der Waals surface area contributed by atoms with E-state index in [1.807, 2.05) is 10.9 Å². The largest absolute Gasteiger partial charge is 0.396 e. The van der Waals surface area contributed by atoms with Gasteiger partial charge in [-0.1, -0.05) is 36.1 Å². The van der Waals surface area contributed by atoms with Crippen LogP contribution < -0.4 is 10.6 Å². The van der Waals surface area contributed by atoms with Gasteiger partial charge in [-0.05, 0) is 63.1 Å². The fourth-order valence-corrected chi connectivity index (χ4v) is 5.48. The standard InChI is InChI=1S/C26H36ClFN6O3/c27-22-8-7-19(15-23(22)28)29-24(36)25(37)30-20-9-13-33(26(16-20)10-6-11-26)17-21-18-34(32-31-21)12-4-2-1-3-5-14-35/h7-8,15,18,20,35H,1-6,9-14,16-17H2,(H,29,36)(H,30,37). The van der Waals surface area contributed by atoms with Crippen LogP contribution in [0.2, 0.25) is 5.02 Å². The van der Waals surface area contributed by atoms with Crippen molar-refractivity contribution in [3.63, 3.8) is 0 Å². The molecule has 2 aliphatic rings. The van der Waals surface area contributed by atoms with Crippen LogP contribution in [-0.4, -0.2) is 61.5 Å². The first kappa shape index (κ1) is 27.5. The Morgan fingerprint density at radius 3 is 2.68 bits per heavy atom. The Morgan fingerprint density at radius 2 is 1.95 bits per heavy atom. The van der Waals surface area contributed by atoms with E-state index < -0.39 is 17.6 Å². The van der Waals surface area contributed by atoms with E-state index in [-0.39, 0.29) is 28.9 Å². The van der Waals surface area contributed by atoms with Gasteiger partial charge < -0.3 is 15.7 Å². The number of nitrogens with one attached hydrogen (secondary N) is 2. The van der Waals surface area contributed by atoms with Crippen LogP contribution in [-0.2, 0) is 22.7 Å². The number of anilines is 1. The topological polar surface area (TPSA) is 112 Å². The van der Waals surface area contributed by atoms with Crippen LogP contribution in [0.15, 0.2) is 24.4 Å². The first-order chi connectivity index (χ1) is 17.9. The van der Waals surface area contributed by atoms with Gasteiger partial charge in [-0.15, -0.1) is 5.10 Å². The van der Waals surface area contributed by atoms with Gasteiger partial charge in [0.25, 0.3) is 0 Å². The number of amides is 2. The third-order valence-electron chi connectivity index (χ3n) is 7.53. The zero-order valence-corrected chi connectivity index (χ0v) is 21.9. The number of halogens is 2. The number of nitrogens with zero attached hydrogens (tertiary/aromatic N) is 4. The predicted octanol–water partition coefficient (Wildman–Crippen LogP) is 3.66. The highest BCUT2D eigenvalue weighted by atomic mass is 35.5. The summed E-state index contributed by atoms with van der Waals surface area (Å²) in [5.74, 6) is -2.20. The molecule has 0 radical (unpaired) electrons. The third-order valence-corrected chi connectivity index (χ3v) is 7.84. The molecule has 1 spiro atoms. The summed E-state index contributed by atoms with van der Waals surface area (Å²) < 4.78 is 15.5. The molecule has 1 unspecified atom stereocenters. The summed E-state index contributed by atoms with van der Waals surface area (Å²) in [6.45, 7) is 2.63. The molecular weight excluding hydrogens is 499 g/mol. The van der Waals surface area contributed by atoms with Gasteiger partial charge in [-0.2, -0.15) is 0 Å². The van der Waals surface area contributed by atoms with Crippen molar-refractivity contribution < 1.29 is 19.1 Å². The molecule has 1 aliphatic carbocycles. The normalized spacial score (nSPS) is 18.9. The molecule has 11 heteroatoms. The number of carbonyl (C=O) groups is 2. The second-order valence-corrected chi connectivity index (χ2v) is 10.6. The van der Waals surface area contributed by atoms with Crippen LogP contribution in [0.3, 0.4) is 0 Å². The Morgan fingerprint density at radius 1 is 1.16 bits per heavy atom. The van der Waals surface area contributed by atoms with Gasteiger partial charge in [0.05, 0.1) is 10.7 Å². The molecule has 2 aromatic rings. The monoisotopic (exact) mass is 534 g/mol. The summed E-state index contributed by atoms with van der Waals surface area (Å²) >= 11 is 5.67. The van der Waals surface area contributed by atoms with E-state index in [4.69, 9.17) is 16.7 Å². The molecule has 1 saturated carbocycles. The van der Waals surface area contributed by atoms with E-state index in [1.54, 1.807) is 0 Å². The SMILES string of the molecule is O=C(Nc1ccc(Cl)c(F)c1)C(=O)NC1CCN(Cc2cn(CCCCCCCO)nn2)C2(CCC2)C1. The number of aromatic nitrogens is 3. The molecule has 2 fully saturated rings. The molecule has 202 valence electrons. The zero-order chi connectivity index (χ0) is 26.3. The number of carbonyl (C=O) groups excluding carboxylic acids is 2. The van der Waals surface area contributed by atoms with Crippen LogP contribution >= 0.6 is 11.6 Å². The van der Waals surface area contributed by atoms with E-state index in [0.29, 0.717) is 0 Å². The molecule has 3 N–H and O–H groups in total. The van der Waals surface area contributed by atoms with E-state index in [9.17, 15) is 14.0 Å². The highest BCUT2D eigenvalue weighted by Crippen LogP contribution is 2.45. The molecule has 1 saturated heterocycles. The quantitative estimate of drug-likeness (QED) is 0.299. The Labute approximate surface area is 221 Å². The van der Waals surface area contributed by atoms with Gasteiger partial charge in [0.1, 0.15) is 5.82 Å². The second-order valence-electron chi connectivity index (χ2n) is 10.2. The fraction of sp³-hybridized carbons (Fsp3) is 0.615. The smallest absolute Gasteiger partial charge is 0.313 e. The number of unbranched alkanes of at least 4 members (excludes halogenated alkanes) is 4. The van der Waals surface area contributed by atoms with Crippen molar-refractivity contribution in [2.24, 2.45) is 0 Å². The number of hydrogen-bond acceptors (Lipinski definition) is 6. The predicted molar refractivity (Wildman–Crippen MR) is 138 cm³/mol. The molecule has 2 amide bonds. The Balaban J connectivity index is 1.25. The Kier molecular flexibility index (Phi) is 9.50.